The molecule has 0 aliphatic carbocycles. The van der Waals surface area contributed by atoms with Crippen molar-refractivity contribution in [2.24, 2.45) is 0 Å². The molecule has 6 heteroatoms. The molecule has 1 rings (SSSR count). The van der Waals surface area contributed by atoms with Gasteiger partial charge in [-0.05, 0) is 12.1 Å². The summed E-state index contributed by atoms with van der Waals surface area (Å²) in [6, 6.07) is 2.05. The van der Waals surface area contributed by atoms with Gasteiger partial charge in [0.2, 0.25) is 0 Å². The first-order chi connectivity index (χ1) is 9.01. The second-order valence-electron chi connectivity index (χ2n) is 3.56. The Morgan fingerprint density at radius 3 is 2.74 bits per heavy atom. The fraction of sp³-hybridized carbons (Fsp3) is 0.231. The van der Waals surface area contributed by atoms with E-state index in [0.717, 1.165) is 19.2 Å². The second-order valence-corrected chi connectivity index (χ2v) is 3.56. The molecule has 0 saturated heterocycles. The van der Waals surface area contributed by atoms with Crippen molar-refractivity contribution in [1.29, 1.82) is 0 Å². The number of hydrogen-bond donors (Lipinski definition) is 1. The zero-order valence-electron chi connectivity index (χ0n) is 10.1. The van der Waals surface area contributed by atoms with Gasteiger partial charge in [0, 0.05) is 6.42 Å². The van der Waals surface area contributed by atoms with E-state index >= 15 is 0 Å². The number of carbonyl (C=O) groups excluding carboxylic acids is 2. The second kappa shape index (κ2) is 6.50. The van der Waals surface area contributed by atoms with E-state index in [1.165, 1.54) is 6.07 Å². The van der Waals surface area contributed by atoms with Crippen molar-refractivity contribution in [1.82, 2.24) is 5.32 Å². The zero-order chi connectivity index (χ0) is 14.4. The summed E-state index contributed by atoms with van der Waals surface area (Å²) in [6.45, 7) is 0. The lowest BCUT2D eigenvalue weighted by molar-refractivity contribution is -0.142. The van der Waals surface area contributed by atoms with Crippen molar-refractivity contribution in [2.75, 3.05) is 7.11 Å². The summed E-state index contributed by atoms with van der Waals surface area (Å²) < 4.78 is 30.8. The van der Waals surface area contributed by atoms with E-state index in [0.29, 0.717) is 0 Å². The first kappa shape index (κ1) is 14.6. The van der Waals surface area contributed by atoms with Crippen molar-refractivity contribution in [3.63, 3.8) is 0 Å². The Bertz CT molecular complexity index is 537. The summed E-state index contributed by atoms with van der Waals surface area (Å²) in [7, 11) is 1.13. The average molecular weight is 267 g/mol. The summed E-state index contributed by atoms with van der Waals surface area (Å²) >= 11 is 0. The largest absolute Gasteiger partial charge is 0.467 e. The van der Waals surface area contributed by atoms with Gasteiger partial charge in [0.25, 0.3) is 5.91 Å². The maximum Gasteiger partial charge on any atom is 0.329 e. The van der Waals surface area contributed by atoms with Crippen LogP contribution in [0.25, 0.3) is 0 Å². The molecule has 1 N–H and O–H groups in total. The van der Waals surface area contributed by atoms with Crippen LogP contribution in [0.1, 0.15) is 16.8 Å². The average Bonchev–Trinajstić information content (AvgIpc) is 2.40. The molecule has 0 aliphatic heterocycles. The van der Waals surface area contributed by atoms with E-state index in [1.54, 1.807) is 0 Å². The van der Waals surface area contributed by atoms with Crippen LogP contribution < -0.4 is 5.32 Å². The molecule has 1 aromatic carbocycles. The highest BCUT2D eigenvalue weighted by Gasteiger charge is 2.23. The number of terminal acetylenes is 1. The number of esters is 1. The minimum Gasteiger partial charge on any atom is -0.467 e. The Morgan fingerprint density at radius 1 is 1.47 bits per heavy atom. The first-order valence-electron chi connectivity index (χ1n) is 5.27. The van der Waals surface area contributed by atoms with E-state index in [9.17, 15) is 18.4 Å². The Balaban J connectivity index is 2.91. The fourth-order valence-corrected chi connectivity index (χ4v) is 1.37. The van der Waals surface area contributed by atoms with Crippen LogP contribution in [0.15, 0.2) is 18.2 Å². The molecule has 0 radical (unpaired) electrons. The lowest BCUT2D eigenvalue weighted by Gasteiger charge is -2.14. The predicted octanol–water partition coefficient (Wildman–Crippen LogP) is 1.26. The van der Waals surface area contributed by atoms with Crippen molar-refractivity contribution >= 4 is 11.9 Å². The number of nitrogens with one attached hydrogen (secondary N) is 1. The predicted molar refractivity (Wildman–Crippen MR) is 63.1 cm³/mol. The lowest BCUT2D eigenvalue weighted by atomic mass is 10.1. The SMILES string of the molecule is C#CC[C@H](NC(=O)c1cccc(F)c1F)C(=O)OC. The Kier molecular flexibility index (Phi) is 5.01. The van der Waals surface area contributed by atoms with E-state index < -0.39 is 35.1 Å². The van der Waals surface area contributed by atoms with E-state index in [-0.39, 0.29) is 6.42 Å². The molecule has 1 amide bonds. The molecule has 0 aromatic heterocycles. The molecule has 0 fully saturated rings. The van der Waals surface area contributed by atoms with Crippen LogP contribution in [0.3, 0.4) is 0 Å². The third-order valence-electron chi connectivity index (χ3n) is 2.31. The van der Waals surface area contributed by atoms with Gasteiger partial charge in [-0.1, -0.05) is 6.07 Å². The Labute approximate surface area is 108 Å². The standard InChI is InChI=1S/C13H11F2NO3/c1-3-5-10(13(18)19-2)16-12(17)8-6-4-7-9(14)11(8)15/h1,4,6-7,10H,5H2,2H3,(H,16,17)/t10-/m0/s1. The molecule has 0 spiro atoms. The molecule has 0 unspecified atom stereocenters. The third kappa shape index (κ3) is 3.52. The smallest absolute Gasteiger partial charge is 0.329 e. The molecule has 0 heterocycles. The molecule has 4 nitrogen and oxygen atoms in total. The zero-order valence-corrected chi connectivity index (χ0v) is 10.1. The van der Waals surface area contributed by atoms with Gasteiger partial charge in [0.1, 0.15) is 6.04 Å². The number of rotatable bonds is 4. The van der Waals surface area contributed by atoms with Crippen molar-refractivity contribution < 1.29 is 23.1 Å². The topological polar surface area (TPSA) is 55.4 Å². The Morgan fingerprint density at radius 2 is 2.16 bits per heavy atom. The summed E-state index contributed by atoms with van der Waals surface area (Å²) in [5.74, 6) is -1.96. The van der Waals surface area contributed by atoms with Crippen LogP contribution in [0.5, 0.6) is 0 Å². The highest BCUT2D eigenvalue weighted by Crippen LogP contribution is 2.11. The summed E-state index contributed by atoms with van der Waals surface area (Å²) in [5.41, 5.74) is -0.508. The van der Waals surface area contributed by atoms with E-state index in [4.69, 9.17) is 6.42 Å². The summed E-state index contributed by atoms with van der Waals surface area (Å²) in [6.07, 6.45) is 4.93. The molecule has 1 atom stereocenters. The van der Waals surface area contributed by atoms with Gasteiger partial charge < -0.3 is 10.1 Å². The molecule has 0 aliphatic rings. The Hall–Kier alpha value is -2.42. The van der Waals surface area contributed by atoms with Crippen molar-refractivity contribution in [3.05, 3.63) is 35.4 Å². The van der Waals surface area contributed by atoms with Gasteiger partial charge in [0.05, 0.1) is 12.7 Å². The van der Waals surface area contributed by atoms with Crippen molar-refractivity contribution in [2.45, 2.75) is 12.5 Å². The van der Waals surface area contributed by atoms with E-state index in [1.807, 2.05) is 0 Å². The maximum absolute atomic E-state index is 13.4. The van der Waals surface area contributed by atoms with Gasteiger partial charge in [0.15, 0.2) is 11.6 Å². The van der Waals surface area contributed by atoms with Crippen LogP contribution in [0.2, 0.25) is 0 Å². The number of halogens is 2. The number of methoxy groups -OCH3 is 1. The van der Waals surface area contributed by atoms with Crippen LogP contribution >= 0.6 is 0 Å². The fourth-order valence-electron chi connectivity index (χ4n) is 1.37. The minimum atomic E-state index is -1.29. The highest BCUT2D eigenvalue weighted by molar-refractivity contribution is 5.97. The number of carbonyl (C=O) groups is 2. The van der Waals surface area contributed by atoms with Crippen LogP contribution in [-0.4, -0.2) is 25.0 Å². The van der Waals surface area contributed by atoms with Crippen LogP contribution in [0.4, 0.5) is 8.78 Å². The van der Waals surface area contributed by atoms with Crippen LogP contribution in [0, 0.1) is 24.0 Å². The summed E-state index contributed by atoms with van der Waals surface area (Å²) in [5, 5.41) is 2.19. The molecule has 100 valence electrons. The molecule has 0 saturated carbocycles. The molecule has 1 aromatic rings. The number of hydrogen-bond acceptors (Lipinski definition) is 3. The molecule has 0 bridgehead atoms. The highest BCUT2D eigenvalue weighted by atomic mass is 19.2. The quantitative estimate of drug-likeness (QED) is 0.660. The van der Waals surface area contributed by atoms with Gasteiger partial charge in [-0.15, -0.1) is 12.3 Å². The maximum atomic E-state index is 13.4. The van der Waals surface area contributed by atoms with Gasteiger partial charge in [-0.25, -0.2) is 13.6 Å². The molecule has 19 heavy (non-hydrogen) atoms. The van der Waals surface area contributed by atoms with Gasteiger partial charge in [-0.3, -0.25) is 4.79 Å². The normalized spacial score (nSPS) is 11.3. The van der Waals surface area contributed by atoms with Gasteiger partial charge >= 0.3 is 5.97 Å². The third-order valence-corrected chi connectivity index (χ3v) is 2.31. The number of benzene rings is 1. The van der Waals surface area contributed by atoms with Gasteiger partial charge in [-0.2, -0.15) is 0 Å². The number of ether oxygens (including phenoxy) is 1. The van der Waals surface area contributed by atoms with E-state index in [2.05, 4.69) is 16.0 Å². The van der Waals surface area contributed by atoms with Crippen molar-refractivity contribution in [3.8, 4) is 12.3 Å². The first-order valence-corrected chi connectivity index (χ1v) is 5.27. The lowest BCUT2D eigenvalue weighted by Crippen LogP contribution is -2.41. The summed E-state index contributed by atoms with van der Waals surface area (Å²) in [4.78, 5) is 23.0. The monoisotopic (exact) mass is 267 g/mol. The minimum absolute atomic E-state index is 0.116. The van der Waals surface area contributed by atoms with Crippen LogP contribution in [-0.2, 0) is 9.53 Å². The number of amides is 1. The molecular weight excluding hydrogens is 256 g/mol. The molecular formula is C13H11F2NO3.